The summed E-state index contributed by atoms with van der Waals surface area (Å²) < 4.78 is 26.0. The zero-order valence-corrected chi connectivity index (χ0v) is 11.1. The Labute approximate surface area is 118 Å². The van der Waals surface area contributed by atoms with E-state index >= 15 is 0 Å². The number of carbonyl (C=O) groups is 2. The normalized spacial score (nSPS) is 11.0. The number of aromatic amines is 1. The summed E-state index contributed by atoms with van der Waals surface area (Å²) in [5, 5.41) is 23.6. The fourth-order valence-corrected chi connectivity index (χ4v) is 2.48. The fraction of sp³-hybridized carbons (Fsp3) is 0. The molecule has 0 radical (unpaired) electrons. The molecular weight excluding hydrogens is 302 g/mol. The molecule has 0 fully saturated rings. The van der Waals surface area contributed by atoms with Gasteiger partial charge >= 0.3 is 11.9 Å². The van der Waals surface area contributed by atoms with Gasteiger partial charge in [-0.15, -0.1) is 0 Å². The monoisotopic (exact) mass is 311 g/mol. The number of nitrogens with one attached hydrogen (secondary N) is 2. The van der Waals surface area contributed by atoms with Crippen molar-refractivity contribution in [2.45, 2.75) is 4.90 Å². The van der Waals surface area contributed by atoms with Crippen molar-refractivity contribution in [1.29, 1.82) is 0 Å². The molecule has 0 aliphatic rings. The zero-order chi connectivity index (χ0) is 15.6. The van der Waals surface area contributed by atoms with Gasteiger partial charge in [0.2, 0.25) is 0 Å². The molecule has 9 nitrogen and oxygen atoms in total. The number of H-pyrrole nitrogens is 1. The maximum Gasteiger partial charge on any atom is 0.335 e. The first-order chi connectivity index (χ1) is 9.79. The van der Waals surface area contributed by atoms with E-state index in [1.165, 1.54) is 0 Å². The van der Waals surface area contributed by atoms with E-state index in [9.17, 15) is 18.0 Å². The summed E-state index contributed by atoms with van der Waals surface area (Å²) in [6, 6.07) is 2.97. The number of hydrogen-bond acceptors (Lipinski definition) is 5. The number of aromatic carboxylic acids is 2. The van der Waals surface area contributed by atoms with Gasteiger partial charge in [-0.1, -0.05) is 0 Å². The van der Waals surface area contributed by atoms with Crippen molar-refractivity contribution >= 4 is 27.6 Å². The number of sulfonamides is 1. The van der Waals surface area contributed by atoms with Gasteiger partial charge in [-0.05, 0) is 18.2 Å². The minimum atomic E-state index is -3.98. The lowest BCUT2D eigenvalue weighted by molar-refractivity contribution is 0.0696. The summed E-state index contributed by atoms with van der Waals surface area (Å²) in [5.74, 6) is -2.75. The second kappa shape index (κ2) is 5.25. The summed E-state index contributed by atoms with van der Waals surface area (Å²) in [6.07, 6.45) is 2.18. The molecule has 0 bridgehead atoms. The molecule has 1 heterocycles. The molecule has 0 amide bonds. The second-order valence-corrected chi connectivity index (χ2v) is 5.63. The predicted octanol–water partition coefficient (Wildman–Crippen LogP) is 0.607. The minimum absolute atomic E-state index is 0.167. The van der Waals surface area contributed by atoms with Gasteiger partial charge in [-0.3, -0.25) is 9.82 Å². The number of aromatic nitrogens is 2. The Balaban J connectivity index is 2.45. The molecule has 2 rings (SSSR count). The Kier molecular flexibility index (Phi) is 3.63. The summed E-state index contributed by atoms with van der Waals surface area (Å²) in [6.45, 7) is 0. The van der Waals surface area contributed by atoms with Gasteiger partial charge in [0.1, 0.15) is 4.90 Å². The van der Waals surface area contributed by atoms with Crippen LogP contribution in [0.1, 0.15) is 20.7 Å². The first kappa shape index (κ1) is 14.5. The van der Waals surface area contributed by atoms with Gasteiger partial charge in [0.15, 0.2) is 0 Å². The molecule has 0 unspecified atom stereocenters. The molecule has 1 aromatic heterocycles. The van der Waals surface area contributed by atoms with Crippen LogP contribution in [0.5, 0.6) is 0 Å². The van der Waals surface area contributed by atoms with Crippen molar-refractivity contribution < 1.29 is 28.2 Å². The number of anilines is 1. The van der Waals surface area contributed by atoms with Crippen molar-refractivity contribution in [3.05, 3.63) is 41.7 Å². The molecule has 110 valence electrons. The van der Waals surface area contributed by atoms with E-state index in [1.54, 1.807) is 0 Å². The van der Waals surface area contributed by atoms with E-state index in [4.69, 9.17) is 10.2 Å². The first-order valence-corrected chi connectivity index (χ1v) is 6.91. The standard InChI is InChI=1S/C11H9N3O6S/c15-10(16)6-1-7(11(17)18)3-8(2-6)14-21(19,20)9-4-12-13-5-9/h1-5,14H,(H,12,13)(H,15,16)(H,17,18). The topological polar surface area (TPSA) is 149 Å². The predicted molar refractivity (Wildman–Crippen MR) is 69.8 cm³/mol. The van der Waals surface area contributed by atoms with Crippen molar-refractivity contribution in [3.8, 4) is 0 Å². The van der Waals surface area contributed by atoms with Crippen molar-refractivity contribution in [2.24, 2.45) is 0 Å². The maximum atomic E-state index is 12.0. The molecule has 0 spiro atoms. The van der Waals surface area contributed by atoms with Crippen LogP contribution in [0, 0.1) is 0 Å². The van der Waals surface area contributed by atoms with Crippen molar-refractivity contribution in [1.82, 2.24) is 10.2 Å². The van der Waals surface area contributed by atoms with Gasteiger partial charge < -0.3 is 10.2 Å². The quantitative estimate of drug-likeness (QED) is 0.631. The smallest absolute Gasteiger partial charge is 0.335 e. The molecule has 0 saturated carbocycles. The Morgan fingerprint density at radius 3 is 2.10 bits per heavy atom. The van der Waals surface area contributed by atoms with Gasteiger partial charge in [-0.2, -0.15) is 5.10 Å². The molecule has 0 aliphatic heterocycles. The highest BCUT2D eigenvalue weighted by Crippen LogP contribution is 2.19. The molecular formula is C11H9N3O6S. The van der Waals surface area contributed by atoms with E-state index in [0.29, 0.717) is 0 Å². The van der Waals surface area contributed by atoms with Crippen LogP contribution < -0.4 is 4.72 Å². The first-order valence-electron chi connectivity index (χ1n) is 5.43. The van der Waals surface area contributed by atoms with Gasteiger partial charge in [0.05, 0.1) is 23.0 Å². The number of carboxylic acids is 2. The van der Waals surface area contributed by atoms with Crippen LogP contribution in [0.4, 0.5) is 5.69 Å². The second-order valence-electron chi connectivity index (χ2n) is 3.95. The Bertz CT molecular complexity index is 765. The third kappa shape index (κ3) is 3.17. The van der Waals surface area contributed by atoms with E-state index in [2.05, 4.69) is 14.9 Å². The number of nitrogens with zero attached hydrogens (tertiary/aromatic N) is 1. The van der Waals surface area contributed by atoms with E-state index in [0.717, 1.165) is 30.6 Å². The van der Waals surface area contributed by atoms with Crippen LogP contribution >= 0.6 is 0 Å². The fourth-order valence-electron chi connectivity index (χ4n) is 1.53. The zero-order valence-electron chi connectivity index (χ0n) is 10.3. The number of rotatable bonds is 5. The summed E-state index contributed by atoms with van der Waals surface area (Å²) >= 11 is 0. The number of carboxylic acid groups (broad SMARTS) is 2. The van der Waals surface area contributed by atoms with Crippen LogP contribution in [0.15, 0.2) is 35.5 Å². The lowest BCUT2D eigenvalue weighted by Crippen LogP contribution is -2.14. The van der Waals surface area contributed by atoms with Crippen molar-refractivity contribution in [2.75, 3.05) is 4.72 Å². The van der Waals surface area contributed by atoms with Crippen molar-refractivity contribution in [3.63, 3.8) is 0 Å². The van der Waals surface area contributed by atoms with Gasteiger partial charge in [0, 0.05) is 6.20 Å². The highest BCUT2D eigenvalue weighted by atomic mass is 32.2. The third-order valence-corrected chi connectivity index (χ3v) is 3.81. The largest absolute Gasteiger partial charge is 0.478 e. The highest BCUT2D eigenvalue weighted by molar-refractivity contribution is 7.92. The Morgan fingerprint density at radius 1 is 1.10 bits per heavy atom. The average molecular weight is 311 g/mol. The van der Waals surface area contributed by atoms with Crippen LogP contribution in [-0.4, -0.2) is 40.8 Å². The van der Waals surface area contributed by atoms with Crippen LogP contribution in [0.3, 0.4) is 0 Å². The van der Waals surface area contributed by atoms with E-state index < -0.39 is 22.0 Å². The number of hydrogen-bond donors (Lipinski definition) is 4. The van der Waals surface area contributed by atoms with Gasteiger partial charge in [-0.25, -0.2) is 18.0 Å². The van der Waals surface area contributed by atoms with Crippen LogP contribution in [0.2, 0.25) is 0 Å². The molecule has 10 heteroatoms. The highest BCUT2D eigenvalue weighted by Gasteiger charge is 2.18. The molecule has 1 aromatic carbocycles. The average Bonchev–Trinajstić information content (AvgIpc) is 2.92. The van der Waals surface area contributed by atoms with Crippen LogP contribution in [0.25, 0.3) is 0 Å². The molecule has 0 aliphatic carbocycles. The number of benzene rings is 1. The molecule has 0 atom stereocenters. The minimum Gasteiger partial charge on any atom is -0.478 e. The molecule has 4 N–H and O–H groups in total. The maximum absolute atomic E-state index is 12.0. The lowest BCUT2D eigenvalue weighted by atomic mass is 10.1. The van der Waals surface area contributed by atoms with Crippen LogP contribution in [-0.2, 0) is 10.0 Å². The summed E-state index contributed by atoms with van der Waals surface area (Å²) in [4.78, 5) is 21.7. The van der Waals surface area contributed by atoms with E-state index in [1.807, 2.05) is 0 Å². The lowest BCUT2D eigenvalue weighted by Gasteiger charge is -2.08. The Hall–Kier alpha value is -2.88. The SMILES string of the molecule is O=C(O)c1cc(NS(=O)(=O)c2cn[nH]c2)cc(C(=O)O)c1. The van der Waals surface area contributed by atoms with Gasteiger partial charge in [0.25, 0.3) is 10.0 Å². The molecule has 0 saturated heterocycles. The molecule has 2 aromatic rings. The Morgan fingerprint density at radius 2 is 1.67 bits per heavy atom. The summed E-state index contributed by atoms with van der Waals surface area (Å²) in [5.41, 5.74) is -0.868. The molecule has 21 heavy (non-hydrogen) atoms. The summed E-state index contributed by atoms with van der Waals surface area (Å²) in [7, 11) is -3.98. The third-order valence-electron chi connectivity index (χ3n) is 2.46. The van der Waals surface area contributed by atoms with E-state index in [-0.39, 0.29) is 21.7 Å².